The lowest BCUT2D eigenvalue weighted by Gasteiger charge is -2.37. The summed E-state index contributed by atoms with van der Waals surface area (Å²) in [5.41, 5.74) is 1.02. The van der Waals surface area contributed by atoms with Crippen molar-refractivity contribution in [1.82, 2.24) is 10.6 Å². The van der Waals surface area contributed by atoms with Crippen molar-refractivity contribution >= 4 is 5.91 Å². The molecule has 1 aliphatic rings. The zero-order chi connectivity index (χ0) is 15.8. The van der Waals surface area contributed by atoms with Gasteiger partial charge in [0.05, 0.1) is 20.1 Å². The molecule has 0 bridgehead atoms. The molecule has 0 unspecified atom stereocenters. The summed E-state index contributed by atoms with van der Waals surface area (Å²) in [6.07, 6.45) is 2.43. The average molecular weight is 306 g/mol. The lowest BCUT2D eigenvalue weighted by atomic mass is 9.79. The Morgan fingerprint density at radius 3 is 2.77 bits per heavy atom. The van der Waals surface area contributed by atoms with Gasteiger partial charge in [-0.3, -0.25) is 4.79 Å². The molecule has 5 heteroatoms. The normalized spacial score (nSPS) is 17.0. The van der Waals surface area contributed by atoms with E-state index in [0.29, 0.717) is 19.6 Å². The summed E-state index contributed by atoms with van der Waals surface area (Å²) in [7, 11) is 3.35. The minimum Gasteiger partial charge on any atom is -0.497 e. The van der Waals surface area contributed by atoms with Crippen LogP contribution >= 0.6 is 0 Å². The van der Waals surface area contributed by atoms with Crippen LogP contribution in [0, 0.1) is 5.41 Å². The van der Waals surface area contributed by atoms with Gasteiger partial charge in [-0.15, -0.1) is 0 Å². The van der Waals surface area contributed by atoms with Gasteiger partial charge in [-0.25, -0.2) is 0 Å². The molecular weight excluding hydrogens is 280 g/mol. The van der Waals surface area contributed by atoms with E-state index in [1.54, 1.807) is 14.2 Å². The summed E-state index contributed by atoms with van der Waals surface area (Å²) in [5.74, 6) is 0.821. The minimum absolute atomic E-state index is 0.0438. The molecule has 0 spiro atoms. The second-order valence-electron chi connectivity index (χ2n) is 5.99. The molecule has 1 aliphatic heterocycles. The first-order chi connectivity index (χ1) is 10.7. The number of carbonyl (C=O) groups is 1. The third-order valence-corrected chi connectivity index (χ3v) is 4.27. The first kappa shape index (κ1) is 16.8. The summed E-state index contributed by atoms with van der Waals surface area (Å²) in [5, 5.41) is 6.43. The highest BCUT2D eigenvalue weighted by molar-refractivity contribution is 5.78. The van der Waals surface area contributed by atoms with Gasteiger partial charge in [0.15, 0.2) is 0 Å². The zero-order valence-corrected chi connectivity index (χ0v) is 13.5. The molecule has 0 aromatic heterocycles. The second-order valence-corrected chi connectivity index (χ2v) is 5.99. The molecule has 0 atom stereocenters. The van der Waals surface area contributed by atoms with E-state index in [9.17, 15) is 4.79 Å². The maximum Gasteiger partial charge on any atom is 0.224 e. The van der Waals surface area contributed by atoms with Crippen LogP contribution in [-0.2, 0) is 16.0 Å². The lowest BCUT2D eigenvalue weighted by Crippen LogP contribution is -2.47. The van der Waals surface area contributed by atoms with Gasteiger partial charge in [0.1, 0.15) is 5.75 Å². The molecule has 5 nitrogen and oxygen atoms in total. The van der Waals surface area contributed by atoms with Gasteiger partial charge in [-0.2, -0.15) is 0 Å². The third kappa shape index (κ3) is 4.71. The van der Waals surface area contributed by atoms with Crippen LogP contribution in [0.5, 0.6) is 5.75 Å². The smallest absolute Gasteiger partial charge is 0.224 e. The van der Waals surface area contributed by atoms with E-state index in [1.807, 2.05) is 24.3 Å². The first-order valence-electron chi connectivity index (χ1n) is 7.77. The molecule has 2 N–H and O–H groups in total. The Kier molecular flexibility index (Phi) is 6.21. The number of rotatable bonds is 7. The number of carbonyl (C=O) groups excluding carboxylic acids is 1. The van der Waals surface area contributed by atoms with Crippen molar-refractivity contribution in [3.63, 3.8) is 0 Å². The summed E-state index contributed by atoms with van der Waals surface area (Å²) < 4.78 is 10.6. The molecule has 1 amide bonds. The molecule has 1 fully saturated rings. The maximum absolute atomic E-state index is 12.2. The molecule has 122 valence electrons. The Labute approximate surface area is 132 Å². The Morgan fingerprint density at radius 1 is 1.32 bits per heavy atom. The van der Waals surface area contributed by atoms with E-state index < -0.39 is 0 Å². The monoisotopic (exact) mass is 306 g/mol. The number of benzene rings is 1. The van der Waals surface area contributed by atoms with E-state index in [-0.39, 0.29) is 11.3 Å². The number of hydrogen-bond acceptors (Lipinski definition) is 4. The molecule has 0 saturated carbocycles. The number of nitrogens with one attached hydrogen (secondary N) is 2. The Bertz CT molecular complexity index is 479. The Balaban J connectivity index is 1.87. The van der Waals surface area contributed by atoms with E-state index in [1.165, 1.54) is 0 Å². The lowest BCUT2D eigenvalue weighted by molar-refractivity contribution is -0.121. The predicted molar refractivity (Wildman–Crippen MR) is 86.1 cm³/mol. The molecule has 0 radical (unpaired) electrons. The average Bonchev–Trinajstić information content (AvgIpc) is 2.54. The maximum atomic E-state index is 12.2. The van der Waals surface area contributed by atoms with Gasteiger partial charge in [0.2, 0.25) is 5.91 Å². The number of ether oxygens (including phenoxy) is 2. The number of piperidine rings is 1. The molecular formula is C17H26N2O3. The highest BCUT2D eigenvalue weighted by Gasteiger charge is 2.32. The van der Waals surface area contributed by atoms with Crippen molar-refractivity contribution in [2.24, 2.45) is 5.41 Å². The number of hydrogen-bond donors (Lipinski definition) is 2. The summed E-state index contributed by atoms with van der Waals surface area (Å²) in [6.45, 7) is 3.32. The van der Waals surface area contributed by atoms with Crippen molar-refractivity contribution < 1.29 is 14.3 Å². The molecule has 1 heterocycles. The van der Waals surface area contributed by atoms with Crippen molar-refractivity contribution in [1.29, 1.82) is 0 Å². The Hall–Kier alpha value is -1.59. The van der Waals surface area contributed by atoms with Crippen molar-refractivity contribution in [3.8, 4) is 5.75 Å². The highest BCUT2D eigenvalue weighted by Crippen LogP contribution is 2.28. The van der Waals surface area contributed by atoms with E-state index in [2.05, 4.69) is 10.6 Å². The van der Waals surface area contributed by atoms with Gasteiger partial charge in [0, 0.05) is 19.1 Å². The fraction of sp³-hybridized carbons (Fsp3) is 0.588. The van der Waals surface area contributed by atoms with Gasteiger partial charge < -0.3 is 20.1 Å². The molecule has 1 aromatic rings. The molecule has 2 rings (SSSR count). The number of methoxy groups -OCH3 is 2. The molecule has 1 aromatic carbocycles. The fourth-order valence-corrected chi connectivity index (χ4v) is 2.95. The molecule has 0 aliphatic carbocycles. The fourth-order valence-electron chi connectivity index (χ4n) is 2.95. The quantitative estimate of drug-likeness (QED) is 0.799. The molecule has 1 saturated heterocycles. The van der Waals surface area contributed by atoms with Crippen LogP contribution in [0.25, 0.3) is 0 Å². The van der Waals surface area contributed by atoms with Crippen LogP contribution in [0.4, 0.5) is 0 Å². The van der Waals surface area contributed by atoms with Gasteiger partial charge >= 0.3 is 0 Å². The van der Waals surface area contributed by atoms with Gasteiger partial charge in [-0.1, -0.05) is 12.1 Å². The van der Waals surface area contributed by atoms with Crippen LogP contribution in [0.15, 0.2) is 24.3 Å². The summed E-state index contributed by atoms with van der Waals surface area (Å²) in [6, 6.07) is 7.62. The van der Waals surface area contributed by atoms with Gasteiger partial charge in [0.25, 0.3) is 0 Å². The van der Waals surface area contributed by atoms with E-state index in [0.717, 1.165) is 37.2 Å². The zero-order valence-electron chi connectivity index (χ0n) is 13.5. The second kappa shape index (κ2) is 8.15. The van der Waals surface area contributed by atoms with E-state index >= 15 is 0 Å². The standard InChI is InChI=1S/C17H26N2O3/c1-21-13-17(6-8-18-9-7-17)12-19-16(20)11-14-4-3-5-15(10-14)22-2/h3-5,10,18H,6-9,11-13H2,1-2H3,(H,19,20). The van der Waals surface area contributed by atoms with Crippen LogP contribution < -0.4 is 15.4 Å². The van der Waals surface area contributed by atoms with Crippen LogP contribution in [0.2, 0.25) is 0 Å². The third-order valence-electron chi connectivity index (χ3n) is 4.27. The number of amides is 1. The van der Waals surface area contributed by atoms with Crippen molar-refractivity contribution in [2.75, 3.05) is 40.5 Å². The molecule has 22 heavy (non-hydrogen) atoms. The Morgan fingerprint density at radius 2 is 2.09 bits per heavy atom. The largest absolute Gasteiger partial charge is 0.497 e. The van der Waals surface area contributed by atoms with Crippen molar-refractivity contribution in [2.45, 2.75) is 19.3 Å². The van der Waals surface area contributed by atoms with E-state index in [4.69, 9.17) is 9.47 Å². The SMILES string of the molecule is COCC1(CNC(=O)Cc2cccc(OC)c2)CCNCC1. The van der Waals surface area contributed by atoms with Crippen molar-refractivity contribution in [3.05, 3.63) is 29.8 Å². The highest BCUT2D eigenvalue weighted by atomic mass is 16.5. The predicted octanol–water partition coefficient (Wildman–Crippen LogP) is 1.37. The van der Waals surface area contributed by atoms with Crippen LogP contribution in [0.1, 0.15) is 18.4 Å². The van der Waals surface area contributed by atoms with Crippen LogP contribution in [0.3, 0.4) is 0 Å². The van der Waals surface area contributed by atoms with Crippen LogP contribution in [-0.4, -0.2) is 46.4 Å². The summed E-state index contributed by atoms with van der Waals surface area (Å²) >= 11 is 0. The minimum atomic E-state index is 0.0438. The van der Waals surface area contributed by atoms with Gasteiger partial charge in [-0.05, 0) is 43.6 Å². The summed E-state index contributed by atoms with van der Waals surface area (Å²) in [4.78, 5) is 12.2. The first-order valence-corrected chi connectivity index (χ1v) is 7.77. The topological polar surface area (TPSA) is 59.6 Å².